The highest BCUT2D eigenvalue weighted by atomic mass is 16.5. The lowest BCUT2D eigenvalue weighted by molar-refractivity contribution is 0.443. The molecule has 0 fully saturated rings. The topological polar surface area (TPSA) is 35.0 Å². The van der Waals surface area contributed by atoms with Crippen LogP contribution in [0.3, 0.4) is 0 Å². The van der Waals surface area contributed by atoms with Crippen molar-refractivity contribution in [3.63, 3.8) is 0 Å². The number of ether oxygens (including phenoxy) is 1. The second-order valence-corrected chi connectivity index (χ2v) is 4.50. The Labute approximate surface area is 117 Å². The van der Waals surface area contributed by atoms with E-state index < -0.39 is 0 Å². The molecule has 2 aromatic carbocycles. The van der Waals surface area contributed by atoms with Gasteiger partial charge in [0.25, 0.3) is 0 Å². The van der Waals surface area contributed by atoms with Crippen molar-refractivity contribution in [2.24, 2.45) is 0 Å². The summed E-state index contributed by atoms with van der Waals surface area (Å²) in [4.78, 5) is 8.21. The third kappa shape index (κ3) is 2.67. The molecule has 0 amide bonds. The van der Waals surface area contributed by atoms with Gasteiger partial charge in [-0.3, -0.25) is 0 Å². The Kier molecular flexibility index (Phi) is 3.42. The van der Waals surface area contributed by atoms with E-state index in [0.29, 0.717) is 6.01 Å². The number of nitrogens with zero attached hydrogens (tertiary/aromatic N) is 2. The van der Waals surface area contributed by atoms with Crippen molar-refractivity contribution in [3.05, 3.63) is 72.6 Å². The maximum absolute atomic E-state index is 5.82. The molecule has 3 nitrogen and oxygen atoms in total. The highest BCUT2D eigenvalue weighted by Gasteiger charge is 2.08. The van der Waals surface area contributed by atoms with Crippen LogP contribution in [0.15, 0.2) is 67.0 Å². The van der Waals surface area contributed by atoms with Gasteiger partial charge in [0.2, 0.25) is 0 Å². The Balaban J connectivity index is 2.03. The summed E-state index contributed by atoms with van der Waals surface area (Å²) in [6, 6.07) is 18.4. The van der Waals surface area contributed by atoms with Gasteiger partial charge in [0, 0.05) is 18.0 Å². The fraction of sp³-hybridized carbons (Fsp3) is 0.0588. The van der Waals surface area contributed by atoms with Crippen LogP contribution < -0.4 is 4.74 Å². The summed E-state index contributed by atoms with van der Waals surface area (Å²) in [5.74, 6) is 0.766. The summed E-state index contributed by atoms with van der Waals surface area (Å²) in [5, 5.41) is 0. The van der Waals surface area contributed by atoms with E-state index in [1.165, 1.54) is 0 Å². The Morgan fingerprint density at radius 2 is 1.60 bits per heavy atom. The number of aryl methyl sites for hydroxylation is 1. The molecule has 1 heterocycles. The van der Waals surface area contributed by atoms with Crippen molar-refractivity contribution >= 4 is 0 Å². The fourth-order valence-electron chi connectivity index (χ4n) is 2.01. The summed E-state index contributed by atoms with van der Waals surface area (Å²) in [5.41, 5.74) is 3.28. The molecule has 20 heavy (non-hydrogen) atoms. The number of rotatable bonds is 3. The van der Waals surface area contributed by atoms with Crippen LogP contribution in [-0.4, -0.2) is 9.97 Å². The van der Waals surface area contributed by atoms with E-state index >= 15 is 0 Å². The second kappa shape index (κ2) is 5.53. The third-order valence-corrected chi connectivity index (χ3v) is 2.97. The number of aromatic nitrogens is 2. The Morgan fingerprint density at radius 3 is 2.35 bits per heavy atom. The molecule has 3 heteroatoms. The fourth-order valence-corrected chi connectivity index (χ4v) is 2.01. The summed E-state index contributed by atoms with van der Waals surface area (Å²) in [6.07, 6.45) is 3.33. The standard InChI is InChI=1S/C17H14N2O/c1-13-8-9-15(14-6-3-2-4-7-14)16(12-13)20-17-18-10-5-11-19-17/h2-12H,1H3. The van der Waals surface area contributed by atoms with Crippen LogP contribution in [0.5, 0.6) is 11.8 Å². The minimum absolute atomic E-state index is 0.357. The molecule has 0 aliphatic carbocycles. The molecular weight excluding hydrogens is 248 g/mol. The smallest absolute Gasteiger partial charge is 0.321 e. The zero-order valence-electron chi connectivity index (χ0n) is 11.2. The molecular formula is C17H14N2O. The van der Waals surface area contributed by atoms with Gasteiger partial charge in [0.15, 0.2) is 0 Å². The van der Waals surface area contributed by atoms with E-state index in [1.54, 1.807) is 18.5 Å². The van der Waals surface area contributed by atoms with Gasteiger partial charge in [0.05, 0.1) is 0 Å². The SMILES string of the molecule is Cc1ccc(-c2ccccc2)c(Oc2ncccn2)c1. The Morgan fingerprint density at radius 1 is 0.850 bits per heavy atom. The molecule has 0 bridgehead atoms. The van der Waals surface area contributed by atoms with Crippen LogP contribution >= 0.6 is 0 Å². The summed E-state index contributed by atoms with van der Waals surface area (Å²) in [7, 11) is 0. The van der Waals surface area contributed by atoms with Crippen LogP contribution in [-0.2, 0) is 0 Å². The van der Waals surface area contributed by atoms with Crippen LogP contribution in [0.4, 0.5) is 0 Å². The third-order valence-electron chi connectivity index (χ3n) is 2.97. The number of benzene rings is 2. The molecule has 0 saturated carbocycles. The van der Waals surface area contributed by atoms with Crippen molar-refractivity contribution in [2.45, 2.75) is 6.92 Å². The largest absolute Gasteiger partial charge is 0.424 e. The average molecular weight is 262 g/mol. The van der Waals surface area contributed by atoms with Gasteiger partial charge in [-0.25, -0.2) is 9.97 Å². The van der Waals surface area contributed by atoms with E-state index in [1.807, 2.05) is 31.2 Å². The van der Waals surface area contributed by atoms with Gasteiger partial charge in [0.1, 0.15) is 5.75 Å². The van der Waals surface area contributed by atoms with Crippen LogP contribution in [0.1, 0.15) is 5.56 Å². The minimum atomic E-state index is 0.357. The van der Waals surface area contributed by atoms with Gasteiger partial charge < -0.3 is 4.74 Å². The molecule has 3 aromatic rings. The second-order valence-electron chi connectivity index (χ2n) is 4.50. The van der Waals surface area contributed by atoms with Crippen LogP contribution in [0.25, 0.3) is 11.1 Å². The molecule has 0 unspecified atom stereocenters. The molecule has 0 N–H and O–H groups in total. The highest BCUT2D eigenvalue weighted by molar-refractivity contribution is 5.71. The van der Waals surface area contributed by atoms with E-state index in [2.05, 4.69) is 34.2 Å². The first-order valence-electron chi connectivity index (χ1n) is 6.44. The number of hydrogen-bond acceptors (Lipinski definition) is 3. The normalized spacial score (nSPS) is 10.2. The van der Waals surface area contributed by atoms with E-state index in [9.17, 15) is 0 Å². The maximum atomic E-state index is 5.82. The van der Waals surface area contributed by atoms with Gasteiger partial charge in [-0.2, -0.15) is 0 Å². The molecule has 0 aliphatic rings. The van der Waals surface area contributed by atoms with Gasteiger partial charge in [-0.05, 0) is 30.2 Å². The van der Waals surface area contributed by atoms with Crippen molar-refractivity contribution in [2.75, 3.05) is 0 Å². The first-order chi connectivity index (χ1) is 9.83. The maximum Gasteiger partial charge on any atom is 0.321 e. The lowest BCUT2D eigenvalue weighted by Crippen LogP contribution is -1.93. The zero-order chi connectivity index (χ0) is 13.8. The molecule has 98 valence electrons. The van der Waals surface area contributed by atoms with Gasteiger partial charge in [-0.15, -0.1) is 0 Å². The monoisotopic (exact) mass is 262 g/mol. The molecule has 0 spiro atoms. The lowest BCUT2D eigenvalue weighted by atomic mass is 10.0. The lowest BCUT2D eigenvalue weighted by Gasteiger charge is -2.11. The zero-order valence-corrected chi connectivity index (χ0v) is 11.2. The van der Waals surface area contributed by atoms with E-state index in [4.69, 9.17) is 4.74 Å². The molecule has 0 atom stereocenters. The predicted octanol–water partition coefficient (Wildman–Crippen LogP) is 4.24. The van der Waals surface area contributed by atoms with Crippen molar-refractivity contribution in [3.8, 4) is 22.9 Å². The molecule has 0 radical (unpaired) electrons. The quantitative estimate of drug-likeness (QED) is 0.708. The Hall–Kier alpha value is -2.68. The summed E-state index contributed by atoms with van der Waals surface area (Å²) >= 11 is 0. The molecule has 3 rings (SSSR count). The Bertz CT molecular complexity index is 697. The first-order valence-corrected chi connectivity index (χ1v) is 6.44. The van der Waals surface area contributed by atoms with Gasteiger partial charge in [-0.1, -0.05) is 42.5 Å². The van der Waals surface area contributed by atoms with E-state index in [-0.39, 0.29) is 0 Å². The number of hydrogen-bond donors (Lipinski definition) is 0. The van der Waals surface area contributed by atoms with Crippen molar-refractivity contribution in [1.29, 1.82) is 0 Å². The van der Waals surface area contributed by atoms with Crippen molar-refractivity contribution in [1.82, 2.24) is 9.97 Å². The molecule has 0 saturated heterocycles. The molecule has 0 aliphatic heterocycles. The first kappa shape index (κ1) is 12.4. The predicted molar refractivity (Wildman–Crippen MR) is 78.7 cm³/mol. The van der Waals surface area contributed by atoms with Gasteiger partial charge >= 0.3 is 6.01 Å². The average Bonchev–Trinajstić information content (AvgIpc) is 2.49. The van der Waals surface area contributed by atoms with E-state index in [0.717, 1.165) is 22.4 Å². The van der Waals surface area contributed by atoms with Crippen LogP contribution in [0, 0.1) is 6.92 Å². The van der Waals surface area contributed by atoms with Crippen molar-refractivity contribution < 1.29 is 4.74 Å². The molecule has 1 aromatic heterocycles. The summed E-state index contributed by atoms with van der Waals surface area (Å²) in [6.45, 7) is 2.04. The minimum Gasteiger partial charge on any atom is -0.424 e. The highest BCUT2D eigenvalue weighted by Crippen LogP contribution is 2.32. The van der Waals surface area contributed by atoms with Crippen LogP contribution in [0.2, 0.25) is 0 Å². The summed E-state index contributed by atoms with van der Waals surface area (Å²) < 4.78 is 5.82.